The van der Waals surface area contributed by atoms with E-state index in [-0.39, 0.29) is 0 Å². The standard InChI is InChI=1S/C18H15ClN4O/c19-15-6-4-5-14(11-15)12-20-18(24)22-16-9-10-23(21-13-16)17-7-2-1-3-8-17/h1-11,13H,12H2,(H,20,24)/b22-16+. The molecule has 0 saturated heterocycles. The molecular weight excluding hydrogens is 324 g/mol. The van der Waals surface area contributed by atoms with Crippen molar-refractivity contribution >= 4 is 17.6 Å². The number of hydrogen-bond acceptors (Lipinski definition) is 2. The normalized spacial score (nSPS) is 11.3. The molecule has 0 fully saturated rings. The molecule has 3 aromatic rings. The molecule has 0 spiro atoms. The van der Waals surface area contributed by atoms with Gasteiger partial charge in [0, 0.05) is 17.8 Å². The first-order valence-corrected chi connectivity index (χ1v) is 7.76. The molecule has 6 heteroatoms. The predicted molar refractivity (Wildman–Crippen MR) is 92.8 cm³/mol. The number of nitrogens with zero attached hydrogens (tertiary/aromatic N) is 3. The zero-order chi connectivity index (χ0) is 16.8. The summed E-state index contributed by atoms with van der Waals surface area (Å²) in [6.07, 6.45) is 3.31. The lowest BCUT2D eigenvalue weighted by Crippen LogP contribution is -2.22. The fraction of sp³-hybridized carbons (Fsp3) is 0.0556. The van der Waals surface area contributed by atoms with Gasteiger partial charge in [-0.25, -0.2) is 9.48 Å². The van der Waals surface area contributed by atoms with E-state index in [0.29, 0.717) is 16.9 Å². The Balaban J connectivity index is 1.66. The van der Waals surface area contributed by atoms with Gasteiger partial charge in [0.25, 0.3) is 0 Å². The first kappa shape index (κ1) is 16.0. The average molecular weight is 339 g/mol. The molecule has 1 aromatic heterocycles. The number of halogens is 1. The number of aromatic nitrogens is 2. The Bertz CT molecular complexity index is 886. The number of hydrogen-bond donors (Lipinski definition) is 1. The van der Waals surface area contributed by atoms with Crippen LogP contribution in [0.25, 0.3) is 5.69 Å². The lowest BCUT2D eigenvalue weighted by molar-refractivity contribution is 0.248. The van der Waals surface area contributed by atoms with Crippen molar-refractivity contribution in [3.8, 4) is 5.69 Å². The van der Waals surface area contributed by atoms with Crippen molar-refractivity contribution in [3.05, 3.63) is 89.0 Å². The summed E-state index contributed by atoms with van der Waals surface area (Å²) in [6, 6.07) is 18.3. The zero-order valence-electron chi connectivity index (χ0n) is 12.8. The summed E-state index contributed by atoms with van der Waals surface area (Å²) < 4.78 is 1.71. The lowest BCUT2D eigenvalue weighted by Gasteiger charge is -2.04. The van der Waals surface area contributed by atoms with Crippen LogP contribution in [0.1, 0.15) is 5.56 Å². The number of urea groups is 1. The molecule has 0 atom stereocenters. The monoisotopic (exact) mass is 338 g/mol. The maximum Gasteiger partial charge on any atom is 0.341 e. The Morgan fingerprint density at radius 3 is 2.67 bits per heavy atom. The number of carbonyl (C=O) groups excluding carboxylic acids is 1. The van der Waals surface area contributed by atoms with Gasteiger partial charge < -0.3 is 5.32 Å². The summed E-state index contributed by atoms with van der Waals surface area (Å²) in [5, 5.41) is 8.11. The molecular formula is C18H15ClN4O. The first-order chi connectivity index (χ1) is 11.7. The molecule has 0 aliphatic rings. The topological polar surface area (TPSA) is 59.3 Å². The van der Waals surface area contributed by atoms with Gasteiger partial charge in [0.2, 0.25) is 0 Å². The lowest BCUT2D eigenvalue weighted by atomic mass is 10.2. The van der Waals surface area contributed by atoms with Gasteiger partial charge >= 0.3 is 6.03 Å². The quantitative estimate of drug-likeness (QED) is 0.796. The fourth-order valence-corrected chi connectivity index (χ4v) is 2.34. The maximum atomic E-state index is 11.9. The molecule has 24 heavy (non-hydrogen) atoms. The molecule has 1 N–H and O–H groups in total. The van der Waals surface area contributed by atoms with Gasteiger partial charge in [0.15, 0.2) is 0 Å². The number of carbonyl (C=O) groups is 1. The molecule has 0 aliphatic carbocycles. The van der Waals surface area contributed by atoms with Gasteiger partial charge in [-0.2, -0.15) is 10.1 Å². The Hall–Kier alpha value is -2.92. The van der Waals surface area contributed by atoms with E-state index >= 15 is 0 Å². The van der Waals surface area contributed by atoms with Gasteiger partial charge in [0.1, 0.15) is 0 Å². The van der Waals surface area contributed by atoms with Crippen LogP contribution >= 0.6 is 11.6 Å². The van der Waals surface area contributed by atoms with Crippen molar-refractivity contribution in [2.24, 2.45) is 4.99 Å². The van der Waals surface area contributed by atoms with Crippen LogP contribution in [0.2, 0.25) is 5.02 Å². The Labute approximate surface area is 144 Å². The van der Waals surface area contributed by atoms with Crippen LogP contribution in [-0.4, -0.2) is 15.8 Å². The minimum atomic E-state index is -0.422. The third-order valence-electron chi connectivity index (χ3n) is 3.29. The van der Waals surface area contributed by atoms with Crippen molar-refractivity contribution in [2.75, 3.05) is 0 Å². The summed E-state index contributed by atoms with van der Waals surface area (Å²) in [5.41, 5.74) is 1.86. The number of para-hydroxylation sites is 1. The van der Waals surface area contributed by atoms with E-state index in [4.69, 9.17) is 11.6 Å². The van der Waals surface area contributed by atoms with Gasteiger partial charge in [-0.1, -0.05) is 41.9 Å². The fourth-order valence-electron chi connectivity index (χ4n) is 2.13. The second kappa shape index (κ2) is 7.57. The smallest absolute Gasteiger partial charge is 0.332 e. The molecule has 5 nitrogen and oxygen atoms in total. The molecule has 0 bridgehead atoms. The third kappa shape index (κ3) is 4.30. The SMILES string of the molecule is O=C(/N=c1\ccn(-c2ccccc2)nc1)NCc1cccc(Cl)c1. The van der Waals surface area contributed by atoms with Crippen LogP contribution in [0, 0.1) is 0 Å². The van der Waals surface area contributed by atoms with Crippen LogP contribution in [0.3, 0.4) is 0 Å². The van der Waals surface area contributed by atoms with E-state index in [2.05, 4.69) is 15.4 Å². The molecule has 0 aliphatic heterocycles. The van der Waals surface area contributed by atoms with Crippen LogP contribution in [0.5, 0.6) is 0 Å². The summed E-state index contributed by atoms with van der Waals surface area (Å²) in [4.78, 5) is 15.9. The summed E-state index contributed by atoms with van der Waals surface area (Å²) in [6.45, 7) is 0.368. The maximum absolute atomic E-state index is 11.9. The second-order valence-electron chi connectivity index (χ2n) is 5.07. The number of benzene rings is 2. The van der Waals surface area contributed by atoms with Crippen molar-refractivity contribution in [2.45, 2.75) is 6.54 Å². The van der Waals surface area contributed by atoms with Gasteiger partial charge in [-0.3, -0.25) is 0 Å². The second-order valence-corrected chi connectivity index (χ2v) is 5.50. The Kier molecular flexibility index (Phi) is 5.03. The van der Waals surface area contributed by atoms with E-state index in [0.717, 1.165) is 11.3 Å². The van der Waals surface area contributed by atoms with Crippen LogP contribution in [0.4, 0.5) is 4.79 Å². The summed E-state index contributed by atoms with van der Waals surface area (Å²) >= 11 is 5.91. The molecule has 3 rings (SSSR count). The van der Waals surface area contributed by atoms with Crippen LogP contribution < -0.4 is 10.7 Å². The molecule has 2 aromatic carbocycles. The summed E-state index contributed by atoms with van der Waals surface area (Å²) in [5.74, 6) is 0. The minimum Gasteiger partial charge on any atom is -0.332 e. The highest BCUT2D eigenvalue weighted by atomic mass is 35.5. The highest BCUT2D eigenvalue weighted by Gasteiger charge is 1.99. The molecule has 0 unspecified atom stereocenters. The highest BCUT2D eigenvalue weighted by Crippen LogP contribution is 2.10. The van der Waals surface area contributed by atoms with Crippen LogP contribution in [-0.2, 0) is 6.54 Å². The molecule has 0 saturated carbocycles. The van der Waals surface area contributed by atoms with Crippen molar-refractivity contribution in [3.63, 3.8) is 0 Å². The Morgan fingerprint density at radius 2 is 1.96 bits per heavy atom. The van der Waals surface area contributed by atoms with Crippen molar-refractivity contribution in [1.82, 2.24) is 15.1 Å². The molecule has 120 valence electrons. The van der Waals surface area contributed by atoms with Crippen molar-refractivity contribution in [1.29, 1.82) is 0 Å². The molecule has 2 amide bonds. The van der Waals surface area contributed by atoms with E-state index in [1.807, 2.05) is 42.5 Å². The number of amides is 2. The highest BCUT2D eigenvalue weighted by molar-refractivity contribution is 6.30. The van der Waals surface area contributed by atoms with E-state index in [1.54, 1.807) is 35.3 Å². The Morgan fingerprint density at radius 1 is 1.12 bits per heavy atom. The zero-order valence-corrected chi connectivity index (χ0v) is 13.5. The molecule has 0 radical (unpaired) electrons. The number of rotatable bonds is 3. The van der Waals surface area contributed by atoms with E-state index in [1.165, 1.54) is 0 Å². The van der Waals surface area contributed by atoms with Gasteiger partial charge in [-0.05, 0) is 35.9 Å². The average Bonchev–Trinajstić information content (AvgIpc) is 2.61. The summed E-state index contributed by atoms with van der Waals surface area (Å²) in [7, 11) is 0. The van der Waals surface area contributed by atoms with Crippen LogP contribution in [0.15, 0.2) is 78.0 Å². The van der Waals surface area contributed by atoms with Gasteiger partial charge in [0.05, 0.1) is 17.2 Å². The predicted octanol–water partition coefficient (Wildman–Crippen LogP) is 3.34. The number of nitrogens with one attached hydrogen (secondary N) is 1. The third-order valence-corrected chi connectivity index (χ3v) is 3.52. The molecule has 1 heterocycles. The van der Waals surface area contributed by atoms with E-state index in [9.17, 15) is 4.79 Å². The van der Waals surface area contributed by atoms with Crippen molar-refractivity contribution < 1.29 is 4.79 Å². The largest absolute Gasteiger partial charge is 0.341 e. The first-order valence-electron chi connectivity index (χ1n) is 7.38. The van der Waals surface area contributed by atoms with Gasteiger partial charge in [-0.15, -0.1) is 0 Å². The van der Waals surface area contributed by atoms with E-state index < -0.39 is 6.03 Å². The minimum absolute atomic E-state index is 0.368.